The number of pyridine rings is 1. The number of benzene rings is 2. The van der Waals surface area contributed by atoms with Gasteiger partial charge in [0.1, 0.15) is 17.6 Å². The topological polar surface area (TPSA) is 101 Å². The predicted octanol–water partition coefficient (Wildman–Crippen LogP) is 3.86. The van der Waals surface area contributed by atoms with Gasteiger partial charge in [-0.2, -0.15) is 0 Å². The van der Waals surface area contributed by atoms with Gasteiger partial charge in [-0.25, -0.2) is 4.39 Å². The lowest BCUT2D eigenvalue weighted by Gasteiger charge is -2.33. The van der Waals surface area contributed by atoms with Crippen LogP contribution in [0.2, 0.25) is 0 Å². The second-order valence-electron chi connectivity index (χ2n) is 8.70. The summed E-state index contributed by atoms with van der Waals surface area (Å²) in [5, 5.41) is 5.30. The first kappa shape index (κ1) is 25.4. The molecular formula is C26H27FN4O4. The van der Waals surface area contributed by atoms with E-state index in [0.717, 1.165) is 4.90 Å². The molecule has 182 valence electrons. The highest BCUT2D eigenvalue weighted by Gasteiger charge is 2.38. The Morgan fingerprint density at radius 1 is 1.00 bits per heavy atom. The van der Waals surface area contributed by atoms with Crippen molar-refractivity contribution in [1.82, 2.24) is 10.3 Å². The fourth-order valence-electron chi connectivity index (χ4n) is 3.45. The number of aromatic nitrogens is 1. The number of halogens is 1. The van der Waals surface area contributed by atoms with Crippen LogP contribution in [0.3, 0.4) is 0 Å². The van der Waals surface area contributed by atoms with Crippen molar-refractivity contribution in [3.8, 4) is 5.75 Å². The molecule has 3 aromatic rings. The zero-order valence-electron chi connectivity index (χ0n) is 19.9. The average Bonchev–Trinajstić information content (AvgIpc) is 2.82. The van der Waals surface area contributed by atoms with Crippen molar-refractivity contribution in [3.05, 3.63) is 84.4 Å². The molecule has 0 aliphatic rings. The number of hydrogen-bond acceptors (Lipinski definition) is 5. The van der Waals surface area contributed by atoms with Gasteiger partial charge in [-0.1, -0.05) is 30.3 Å². The highest BCUT2D eigenvalue weighted by molar-refractivity contribution is 6.45. The Hall–Kier alpha value is -4.27. The van der Waals surface area contributed by atoms with Crippen molar-refractivity contribution in [1.29, 1.82) is 0 Å². The molecule has 3 rings (SSSR count). The van der Waals surface area contributed by atoms with Gasteiger partial charge < -0.3 is 15.4 Å². The highest BCUT2D eigenvalue weighted by Crippen LogP contribution is 2.30. The van der Waals surface area contributed by atoms with Gasteiger partial charge >= 0.3 is 11.8 Å². The smallest absolute Gasteiger partial charge is 0.317 e. The van der Waals surface area contributed by atoms with Crippen LogP contribution in [0.4, 0.5) is 15.8 Å². The van der Waals surface area contributed by atoms with Gasteiger partial charge in [0.2, 0.25) is 5.91 Å². The van der Waals surface area contributed by atoms with E-state index in [4.69, 9.17) is 4.74 Å². The van der Waals surface area contributed by atoms with E-state index in [-0.39, 0.29) is 16.9 Å². The number of para-hydroxylation sites is 2. The van der Waals surface area contributed by atoms with Crippen LogP contribution in [0.5, 0.6) is 5.75 Å². The normalized spacial score (nSPS) is 11.8. The quantitative estimate of drug-likeness (QED) is 0.524. The van der Waals surface area contributed by atoms with Gasteiger partial charge in [-0.05, 0) is 51.1 Å². The van der Waals surface area contributed by atoms with Crippen LogP contribution in [0.15, 0.2) is 73.1 Å². The molecule has 0 spiro atoms. The standard InChI is InChI=1S/C26H27FN4O4/c1-26(2,3)30-23(32)22(18-11-5-6-12-19(18)27)31(17-10-9-15-28-16-17)25(34)24(33)29-20-13-7-8-14-21(20)35-4/h5-16,22H,1-4H3,(H,29,33)(H,30,32)/t22-/m0/s1. The fourth-order valence-corrected chi connectivity index (χ4v) is 3.45. The Morgan fingerprint density at radius 2 is 1.69 bits per heavy atom. The zero-order valence-corrected chi connectivity index (χ0v) is 19.9. The fraction of sp³-hybridized carbons (Fsp3) is 0.231. The Morgan fingerprint density at radius 3 is 2.31 bits per heavy atom. The summed E-state index contributed by atoms with van der Waals surface area (Å²) in [5.41, 5.74) is -0.355. The number of hydrogen-bond donors (Lipinski definition) is 2. The minimum Gasteiger partial charge on any atom is -0.495 e. The summed E-state index contributed by atoms with van der Waals surface area (Å²) in [4.78, 5) is 45.1. The van der Waals surface area contributed by atoms with Crippen molar-refractivity contribution < 1.29 is 23.5 Å². The molecular weight excluding hydrogens is 451 g/mol. The minimum atomic E-state index is -1.49. The highest BCUT2D eigenvalue weighted by atomic mass is 19.1. The maximum absolute atomic E-state index is 15.0. The summed E-state index contributed by atoms with van der Waals surface area (Å²) < 4.78 is 20.2. The van der Waals surface area contributed by atoms with Crippen LogP contribution < -0.4 is 20.3 Å². The maximum atomic E-state index is 15.0. The van der Waals surface area contributed by atoms with Crippen LogP contribution >= 0.6 is 0 Å². The van der Waals surface area contributed by atoms with E-state index in [2.05, 4.69) is 15.6 Å². The molecule has 2 N–H and O–H groups in total. The molecule has 9 heteroatoms. The summed E-state index contributed by atoms with van der Waals surface area (Å²) >= 11 is 0. The lowest BCUT2D eigenvalue weighted by molar-refractivity contribution is -0.136. The number of nitrogens with one attached hydrogen (secondary N) is 2. The first-order valence-electron chi connectivity index (χ1n) is 10.9. The van der Waals surface area contributed by atoms with Crippen LogP contribution in [0.25, 0.3) is 0 Å². The van der Waals surface area contributed by atoms with Crippen LogP contribution in [-0.4, -0.2) is 35.4 Å². The third-order valence-corrected chi connectivity index (χ3v) is 4.90. The van der Waals surface area contributed by atoms with Gasteiger partial charge in [-0.3, -0.25) is 24.3 Å². The van der Waals surface area contributed by atoms with E-state index < -0.39 is 35.1 Å². The Balaban J connectivity index is 2.11. The molecule has 1 aromatic heterocycles. The molecule has 0 saturated heterocycles. The molecule has 8 nitrogen and oxygen atoms in total. The van der Waals surface area contributed by atoms with E-state index in [1.807, 2.05) is 0 Å². The first-order chi connectivity index (χ1) is 16.6. The monoisotopic (exact) mass is 478 g/mol. The Bertz CT molecular complexity index is 1210. The Labute approximate surface area is 203 Å². The number of carbonyl (C=O) groups excluding carboxylic acids is 3. The van der Waals surface area contributed by atoms with Crippen LogP contribution in [0, 0.1) is 5.82 Å². The molecule has 0 saturated carbocycles. The lowest BCUT2D eigenvalue weighted by atomic mass is 10.0. The summed E-state index contributed by atoms with van der Waals surface area (Å²) in [6.07, 6.45) is 2.81. The summed E-state index contributed by atoms with van der Waals surface area (Å²) in [5.74, 6) is -3.14. The summed E-state index contributed by atoms with van der Waals surface area (Å²) in [7, 11) is 1.43. The van der Waals surface area contributed by atoms with Crippen LogP contribution in [-0.2, 0) is 14.4 Å². The van der Waals surface area contributed by atoms with Gasteiger partial charge in [-0.15, -0.1) is 0 Å². The van der Waals surface area contributed by atoms with Gasteiger partial charge in [0.05, 0.1) is 24.7 Å². The SMILES string of the molecule is COc1ccccc1NC(=O)C(=O)N(c1cccnc1)[C@H](C(=O)NC(C)(C)C)c1ccccc1F. The van der Waals surface area contributed by atoms with Crippen molar-refractivity contribution in [3.63, 3.8) is 0 Å². The maximum Gasteiger partial charge on any atom is 0.317 e. The summed E-state index contributed by atoms with van der Waals surface area (Å²) in [6, 6.07) is 13.8. The van der Waals surface area contributed by atoms with Crippen molar-refractivity contribution >= 4 is 29.1 Å². The van der Waals surface area contributed by atoms with E-state index in [0.29, 0.717) is 5.75 Å². The van der Waals surface area contributed by atoms with Gasteiger partial charge in [0.25, 0.3) is 0 Å². The van der Waals surface area contributed by atoms with E-state index >= 15 is 0 Å². The van der Waals surface area contributed by atoms with Crippen molar-refractivity contribution in [2.24, 2.45) is 0 Å². The van der Waals surface area contributed by atoms with Crippen LogP contribution in [0.1, 0.15) is 32.4 Å². The molecule has 0 radical (unpaired) electrons. The van der Waals surface area contributed by atoms with E-state index in [1.165, 1.54) is 43.8 Å². The molecule has 3 amide bonds. The molecule has 0 unspecified atom stereocenters. The number of nitrogens with zero attached hydrogens (tertiary/aromatic N) is 2. The molecule has 0 bridgehead atoms. The third kappa shape index (κ3) is 6.20. The second-order valence-corrected chi connectivity index (χ2v) is 8.70. The summed E-state index contributed by atoms with van der Waals surface area (Å²) in [6.45, 7) is 5.27. The second kappa shape index (κ2) is 10.8. The zero-order chi connectivity index (χ0) is 25.6. The van der Waals surface area contributed by atoms with E-state index in [1.54, 1.807) is 57.2 Å². The molecule has 1 heterocycles. The first-order valence-corrected chi connectivity index (χ1v) is 10.9. The minimum absolute atomic E-state index is 0.0726. The van der Waals surface area contributed by atoms with Crippen molar-refractivity contribution in [2.75, 3.05) is 17.3 Å². The number of amides is 3. The molecule has 35 heavy (non-hydrogen) atoms. The molecule has 2 aromatic carbocycles. The number of carbonyl (C=O) groups is 3. The lowest BCUT2D eigenvalue weighted by Crippen LogP contribution is -2.51. The molecule has 0 aliphatic heterocycles. The number of anilines is 2. The predicted molar refractivity (Wildman–Crippen MR) is 130 cm³/mol. The van der Waals surface area contributed by atoms with Gasteiger partial charge in [0.15, 0.2) is 0 Å². The average molecular weight is 479 g/mol. The third-order valence-electron chi connectivity index (χ3n) is 4.90. The largest absolute Gasteiger partial charge is 0.495 e. The molecule has 0 fully saturated rings. The number of ether oxygens (including phenoxy) is 1. The molecule has 1 atom stereocenters. The number of methoxy groups -OCH3 is 1. The molecule has 0 aliphatic carbocycles. The van der Waals surface area contributed by atoms with Crippen molar-refractivity contribution in [2.45, 2.75) is 32.4 Å². The van der Waals surface area contributed by atoms with Gasteiger partial charge in [0, 0.05) is 17.3 Å². The number of rotatable bonds is 6. The Kier molecular flexibility index (Phi) is 7.80. The van der Waals surface area contributed by atoms with E-state index in [9.17, 15) is 18.8 Å².